The van der Waals surface area contributed by atoms with E-state index in [9.17, 15) is 0 Å². The molecule has 1 aromatic heterocycles. The Bertz CT molecular complexity index is 518. The Labute approximate surface area is 130 Å². The van der Waals surface area contributed by atoms with E-state index in [1.54, 1.807) is 18.2 Å². The third-order valence-electron chi connectivity index (χ3n) is 1.82. The summed E-state index contributed by atoms with van der Waals surface area (Å²) < 4.78 is 5.11. The largest absolute Gasteiger partial charge is 0.443 e. The minimum Gasteiger partial charge on any atom is -0.443 e. The van der Waals surface area contributed by atoms with Gasteiger partial charge in [0.15, 0.2) is 11.8 Å². The lowest BCUT2D eigenvalue weighted by Crippen LogP contribution is -2.20. The van der Waals surface area contributed by atoms with Gasteiger partial charge in [-0.3, -0.25) is 0 Å². The Hall–Kier alpha value is -2.09. The van der Waals surface area contributed by atoms with E-state index >= 15 is 0 Å². The Morgan fingerprint density at radius 3 is 1.95 bits per heavy atom. The van der Waals surface area contributed by atoms with Gasteiger partial charge in [-0.15, -0.1) is 0 Å². The second kappa shape index (κ2) is 17.9. The minimum absolute atomic E-state index is 0.594. The first kappa shape index (κ1) is 24.0. The molecule has 1 heterocycles. The predicted octanol–water partition coefficient (Wildman–Crippen LogP) is 4.80. The van der Waals surface area contributed by atoms with E-state index in [-0.39, 0.29) is 0 Å². The molecule has 0 spiro atoms. The fourth-order valence-corrected chi connectivity index (χ4v) is 0.938. The van der Waals surface area contributed by atoms with Crippen molar-refractivity contribution in [3.8, 4) is 0 Å². The first-order valence-electron chi connectivity index (χ1n) is 7.42. The lowest BCUT2D eigenvalue weighted by atomic mass is 10.1. The molecule has 118 valence electrons. The summed E-state index contributed by atoms with van der Waals surface area (Å²) in [5.41, 5.74) is 2.16. The van der Waals surface area contributed by atoms with Crippen LogP contribution in [0.25, 0.3) is 12.7 Å². The summed E-state index contributed by atoms with van der Waals surface area (Å²) in [6.45, 7) is 27.0. The van der Waals surface area contributed by atoms with Crippen molar-refractivity contribution in [3.05, 3.63) is 66.3 Å². The molecule has 0 unspecified atom stereocenters. The molecule has 0 aromatic carbocycles. The average molecular weight is 289 g/mol. The standard InChI is InChI=1S/C13H13NO.3C2H6/c1-5-6-7-10(2)11(3)8-13-12(4)14-9-15-13;3*1-2/h5-9H,1-4H2;3*1-2H3/b7-6-,13-8+;;;. The molecule has 1 rings (SSSR count). The van der Waals surface area contributed by atoms with Crippen LogP contribution in [0.15, 0.2) is 59.9 Å². The number of hydrogen-bond donors (Lipinski definition) is 0. The highest BCUT2D eigenvalue weighted by Gasteiger charge is 1.94. The summed E-state index contributed by atoms with van der Waals surface area (Å²) >= 11 is 0. The van der Waals surface area contributed by atoms with E-state index in [0.29, 0.717) is 10.8 Å². The van der Waals surface area contributed by atoms with Crippen LogP contribution in [0.1, 0.15) is 41.5 Å². The highest BCUT2D eigenvalue weighted by Crippen LogP contribution is 2.07. The smallest absolute Gasteiger partial charge is 0.181 e. The second-order valence-corrected chi connectivity index (χ2v) is 2.95. The van der Waals surface area contributed by atoms with Crippen LogP contribution in [-0.4, -0.2) is 4.98 Å². The van der Waals surface area contributed by atoms with Crippen LogP contribution in [0.3, 0.4) is 0 Å². The second-order valence-electron chi connectivity index (χ2n) is 2.95. The van der Waals surface area contributed by atoms with Crippen molar-refractivity contribution in [1.82, 2.24) is 4.98 Å². The first-order chi connectivity index (χ1) is 10.1. The molecule has 2 nitrogen and oxygen atoms in total. The quantitative estimate of drug-likeness (QED) is 0.744. The van der Waals surface area contributed by atoms with Crippen molar-refractivity contribution in [3.63, 3.8) is 0 Å². The van der Waals surface area contributed by atoms with Gasteiger partial charge in [0.1, 0.15) is 5.35 Å². The SMILES string of the molecule is C=C/C=C\C(=C)C(=C)/C=c1/ocnc1=C.CC.CC.CC. The number of rotatable bonds is 4. The van der Waals surface area contributed by atoms with Crippen LogP contribution >= 0.6 is 0 Å². The van der Waals surface area contributed by atoms with Crippen LogP contribution in [-0.2, 0) is 0 Å². The van der Waals surface area contributed by atoms with Crippen LogP contribution in [0.2, 0.25) is 0 Å². The molecule has 2 heteroatoms. The number of aromatic nitrogens is 1. The van der Waals surface area contributed by atoms with E-state index in [4.69, 9.17) is 4.42 Å². The van der Waals surface area contributed by atoms with E-state index in [0.717, 1.165) is 11.1 Å². The van der Waals surface area contributed by atoms with E-state index < -0.39 is 0 Å². The number of hydrogen-bond acceptors (Lipinski definition) is 2. The molecular weight excluding hydrogens is 258 g/mol. The summed E-state index contributed by atoms with van der Waals surface area (Å²) in [7, 11) is 0. The fourth-order valence-electron chi connectivity index (χ4n) is 0.938. The van der Waals surface area contributed by atoms with Gasteiger partial charge in [-0.1, -0.05) is 86.1 Å². The molecule has 0 aliphatic heterocycles. The molecule has 21 heavy (non-hydrogen) atoms. The molecule has 0 amide bonds. The highest BCUT2D eigenvalue weighted by molar-refractivity contribution is 5.57. The number of nitrogens with zero attached hydrogens (tertiary/aromatic N) is 1. The number of allylic oxidation sites excluding steroid dienone is 5. The third kappa shape index (κ3) is 11.4. The van der Waals surface area contributed by atoms with Crippen molar-refractivity contribution in [2.45, 2.75) is 41.5 Å². The topological polar surface area (TPSA) is 26.0 Å². The zero-order chi connectivity index (χ0) is 17.3. The maximum atomic E-state index is 5.11. The van der Waals surface area contributed by atoms with Crippen LogP contribution in [0, 0.1) is 0 Å². The van der Waals surface area contributed by atoms with Crippen molar-refractivity contribution >= 4 is 12.7 Å². The molecular formula is C19H31NO. The lowest BCUT2D eigenvalue weighted by molar-refractivity contribution is 0.524. The van der Waals surface area contributed by atoms with Gasteiger partial charge in [0.05, 0.1) is 0 Å². The maximum Gasteiger partial charge on any atom is 0.181 e. The maximum absolute atomic E-state index is 5.11. The lowest BCUT2D eigenvalue weighted by Gasteiger charge is -1.95. The normalized spacial score (nSPS) is 9.33. The third-order valence-corrected chi connectivity index (χ3v) is 1.82. The summed E-state index contributed by atoms with van der Waals surface area (Å²) in [6.07, 6.45) is 8.41. The average Bonchev–Trinajstić information content (AvgIpc) is 2.95. The Balaban J connectivity index is -0.000000478. The Morgan fingerprint density at radius 1 is 1.05 bits per heavy atom. The zero-order valence-corrected chi connectivity index (χ0v) is 14.6. The van der Waals surface area contributed by atoms with Gasteiger partial charge in [-0.25, -0.2) is 4.98 Å². The molecule has 0 radical (unpaired) electrons. The van der Waals surface area contributed by atoms with Gasteiger partial charge < -0.3 is 4.42 Å². The monoisotopic (exact) mass is 289 g/mol. The predicted molar refractivity (Wildman–Crippen MR) is 97.4 cm³/mol. The molecule has 0 aliphatic rings. The Kier molecular flexibility index (Phi) is 20.4. The van der Waals surface area contributed by atoms with E-state index in [1.807, 2.05) is 47.6 Å². The summed E-state index contributed by atoms with van der Waals surface area (Å²) in [4.78, 5) is 3.88. The molecule has 1 aromatic rings. The Morgan fingerprint density at radius 2 is 1.57 bits per heavy atom. The van der Waals surface area contributed by atoms with Gasteiger partial charge in [0.2, 0.25) is 0 Å². The van der Waals surface area contributed by atoms with Crippen LogP contribution in [0.4, 0.5) is 0 Å². The zero-order valence-electron chi connectivity index (χ0n) is 14.6. The molecule has 0 saturated heterocycles. The van der Waals surface area contributed by atoms with Gasteiger partial charge in [-0.2, -0.15) is 0 Å². The molecule has 0 saturated carbocycles. The summed E-state index contributed by atoms with van der Waals surface area (Å²) in [6, 6.07) is 0. The molecule has 0 bridgehead atoms. The first-order valence-corrected chi connectivity index (χ1v) is 7.42. The van der Waals surface area contributed by atoms with Crippen molar-refractivity contribution < 1.29 is 4.42 Å². The highest BCUT2D eigenvalue weighted by atomic mass is 16.3. The van der Waals surface area contributed by atoms with Gasteiger partial charge in [0.25, 0.3) is 0 Å². The van der Waals surface area contributed by atoms with Crippen LogP contribution < -0.4 is 10.8 Å². The minimum atomic E-state index is 0.594. The van der Waals surface area contributed by atoms with Crippen molar-refractivity contribution in [1.29, 1.82) is 0 Å². The molecule has 0 atom stereocenters. The van der Waals surface area contributed by atoms with Crippen molar-refractivity contribution in [2.75, 3.05) is 0 Å². The molecule has 0 N–H and O–H groups in total. The molecule has 0 aliphatic carbocycles. The van der Waals surface area contributed by atoms with E-state index in [2.05, 4.69) is 31.3 Å². The fraction of sp³-hybridized carbons (Fsp3) is 0.316. The van der Waals surface area contributed by atoms with Gasteiger partial charge in [-0.05, 0) is 17.2 Å². The van der Waals surface area contributed by atoms with E-state index in [1.165, 1.54) is 6.39 Å². The van der Waals surface area contributed by atoms with Gasteiger partial charge in [0, 0.05) is 0 Å². The number of oxazole rings is 1. The summed E-state index contributed by atoms with van der Waals surface area (Å²) in [5, 5.41) is 0.594. The molecule has 0 fully saturated rings. The van der Waals surface area contributed by atoms with Crippen LogP contribution in [0.5, 0.6) is 0 Å². The van der Waals surface area contributed by atoms with Crippen molar-refractivity contribution in [2.24, 2.45) is 0 Å². The summed E-state index contributed by atoms with van der Waals surface area (Å²) in [5.74, 6) is 0. The van der Waals surface area contributed by atoms with Gasteiger partial charge >= 0.3 is 0 Å².